The van der Waals surface area contributed by atoms with E-state index in [1.807, 2.05) is 0 Å². The van der Waals surface area contributed by atoms with Crippen LogP contribution in [0.25, 0.3) is 0 Å². The predicted octanol–water partition coefficient (Wildman–Crippen LogP) is -0.410. The van der Waals surface area contributed by atoms with Crippen LogP contribution >= 0.6 is 0 Å². The fourth-order valence-corrected chi connectivity index (χ4v) is 0.688. The molecule has 3 N–H and O–H groups in total. The highest BCUT2D eigenvalue weighted by Crippen LogP contribution is 1.98. The third kappa shape index (κ3) is 4.39. The Morgan fingerprint density at radius 1 is 1.67 bits per heavy atom. The summed E-state index contributed by atoms with van der Waals surface area (Å²) in [6, 6.07) is 0. The lowest BCUT2D eigenvalue weighted by molar-refractivity contribution is 0.136. The van der Waals surface area contributed by atoms with E-state index in [9.17, 15) is 0 Å². The molecule has 0 fully saturated rings. The van der Waals surface area contributed by atoms with Gasteiger partial charge in [-0.2, -0.15) is 0 Å². The smallest absolute Gasteiger partial charge is 0.0503 e. The molecule has 0 aromatic heterocycles. The summed E-state index contributed by atoms with van der Waals surface area (Å²) in [5, 5.41) is 8.48. The largest absolute Gasteiger partial charge is 0.396 e. The van der Waals surface area contributed by atoms with Gasteiger partial charge >= 0.3 is 0 Å². The Morgan fingerprint density at radius 3 is 2.67 bits per heavy atom. The summed E-state index contributed by atoms with van der Waals surface area (Å²) in [6.45, 7) is 1.44. The first-order chi connectivity index (χ1) is 4.35. The molecule has 0 aliphatic carbocycles. The first-order valence-corrected chi connectivity index (χ1v) is 3.15. The fourth-order valence-electron chi connectivity index (χ4n) is 0.688. The molecule has 0 radical (unpaired) electrons. The number of aliphatic hydroxyl groups is 1. The quantitative estimate of drug-likeness (QED) is 0.536. The van der Waals surface area contributed by atoms with Crippen molar-refractivity contribution in [2.45, 2.75) is 6.42 Å². The zero-order valence-corrected chi connectivity index (χ0v) is 5.84. The van der Waals surface area contributed by atoms with Crippen LogP contribution in [0.5, 0.6) is 0 Å². The summed E-state index contributed by atoms with van der Waals surface area (Å²) in [4.78, 5) is 0. The molecule has 0 aromatic carbocycles. The lowest BCUT2D eigenvalue weighted by Crippen LogP contribution is -2.20. The van der Waals surface area contributed by atoms with Crippen molar-refractivity contribution in [1.82, 2.24) is 0 Å². The van der Waals surface area contributed by atoms with Gasteiger partial charge in [-0.05, 0) is 18.9 Å². The van der Waals surface area contributed by atoms with E-state index in [4.69, 9.17) is 15.6 Å². The maximum absolute atomic E-state index is 8.48. The number of hydrogen-bond acceptors (Lipinski definition) is 3. The van der Waals surface area contributed by atoms with Crippen LogP contribution in [0.1, 0.15) is 6.42 Å². The van der Waals surface area contributed by atoms with E-state index in [1.54, 1.807) is 7.11 Å². The van der Waals surface area contributed by atoms with Gasteiger partial charge < -0.3 is 15.6 Å². The molecule has 0 spiro atoms. The van der Waals surface area contributed by atoms with Crippen molar-refractivity contribution in [1.29, 1.82) is 0 Å². The van der Waals surface area contributed by atoms with Gasteiger partial charge in [0.15, 0.2) is 0 Å². The second-order valence-corrected chi connectivity index (χ2v) is 2.07. The van der Waals surface area contributed by atoms with Crippen LogP contribution in [0.4, 0.5) is 0 Å². The van der Waals surface area contributed by atoms with E-state index in [2.05, 4.69) is 0 Å². The Hall–Kier alpha value is -0.120. The minimum atomic E-state index is 0.200. The topological polar surface area (TPSA) is 55.5 Å². The number of rotatable bonds is 5. The minimum Gasteiger partial charge on any atom is -0.396 e. The van der Waals surface area contributed by atoms with Crippen LogP contribution < -0.4 is 5.73 Å². The monoisotopic (exact) mass is 133 g/mol. The minimum absolute atomic E-state index is 0.200. The summed E-state index contributed by atoms with van der Waals surface area (Å²) in [5.41, 5.74) is 5.35. The molecule has 0 aromatic rings. The maximum atomic E-state index is 8.48. The second kappa shape index (κ2) is 6.01. The molecular formula is C6H15NO2. The molecule has 56 valence electrons. The van der Waals surface area contributed by atoms with Gasteiger partial charge in [-0.1, -0.05) is 0 Å². The van der Waals surface area contributed by atoms with Crippen molar-refractivity contribution in [2.24, 2.45) is 11.7 Å². The van der Waals surface area contributed by atoms with Gasteiger partial charge in [-0.3, -0.25) is 0 Å². The van der Waals surface area contributed by atoms with Gasteiger partial charge in [0.1, 0.15) is 0 Å². The second-order valence-electron chi connectivity index (χ2n) is 2.07. The molecule has 1 unspecified atom stereocenters. The van der Waals surface area contributed by atoms with Crippen LogP contribution in [0.2, 0.25) is 0 Å². The van der Waals surface area contributed by atoms with E-state index >= 15 is 0 Å². The molecule has 0 amide bonds. The standard InChI is InChI=1S/C6H15NO2/c1-9-5-6(4-7)2-3-8/h6,8H,2-5,7H2,1H3. The van der Waals surface area contributed by atoms with Gasteiger partial charge in [-0.25, -0.2) is 0 Å². The molecular weight excluding hydrogens is 118 g/mol. The number of hydrogen-bond donors (Lipinski definition) is 2. The summed E-state index contributed by atoms with van der Waals surface area (Å²) in [6.07, 6.45) is 0.740. The highest BCUT2D eigenvalue weighted by atomic mass is 16.5. The van der Waals surface area contributed by atoms with Crippen molar-refractivity contribution in [2.75, 3.05) is 26.9 Å². The van der Waals surface area contributed by atoms with Crippen molar-refractivity contribution >= 4 is 0 Å². The molecule has 0 saturated heterocycles. The average Bonchev–Trinajstić information content (AvgIpc) is 1.88. The molecule has 0 saturated carbocycles. The average molecular weight is 133 g/mol. The number of methoxy groups -OCH3 is 1. The highest BCUT2D eigenvalue weighted by molar-refractivity contribution is 4.56. The molecule has 1 atom stereocenters. The Balaban J connectivity index is 3.18. The van der Waals surface area contributed by atoms with Crippen LogP contribution in [-0.4, -0.2) is 32.0 Å². The fraction of sp³-hybridized carbons (Fsp3) is 1.00. The molecule has 0 rings (SSSR count). The summed E-state index contributed by atoms with van der Waals surface area (Å²) in [5.74, 6) is 0.319. The first-order valence-electron chi connectivity index (χ1n) is 3.15. The van der Waals surface area contributed by atoms with Gasteiger partial charge in [0, 0.05) is 13.7 Å². The predicted molar refractivity (Wildman–Crippen MR) is 36.1 cm³/mol. The maximum Gasteiger partial charge on any atom is 0.0503 e. The van der Waals surface area contributed by atoms with E-state index in [-0.39, 0.29) is 6.61 Å². The van der Waals surface area contributed by atoms with Crippen LogP contribution in [0, 0.1) is 5.92 Å². The third-order valence-electron chi connectivity index (χ3n) is 1.27. The van der Waals surface area contributed by atoms with Gasteiger partial charge in [0.05, 0.1) is 6.61 Å². The first kappa shape index (κ1) is 8.88. The molecule has 9 heavy (non-hydrogen) atoms. The van der Waals surface area contributed by atoms with E-state index in [0.717, 1.165) is 6.42 Å². The molecule has 0 heterocycles. The summed E-state index contributed by atoms with van der Waals surface area (Å²) < 4.78 is 4.86. The lowest BCUT2D eigenvalue weighted by atomic mass is 10.1. The van der Waals surface area contributed by atoms with Crippen molar-refractivity contribution in [3.8, 4) is 0 Å². The van der Waals surface area contributed by atoms with Gasteiger partial charge in [0.25, 0.3) is 0 Å². The molecule has 3 heteroatoms. The van der Waals surface area contributed by atoms with E-state index < -0.39 is 0 Å². The van der Waals surface area contributed by atoms with Gasteiger partial charge in [-0.15, -0.1) is 0 Å². The van der Waals surface area contributed by atoms with E-state index in [1.165, 1.54) is 0 Å². The van der Waals surface area contributed by atoms with E-state index in [0.29, 0.717) is 19.1 Å². The SMILES string of the molecule is COCC(CN)CCO. The van der Waals surface area contributed by atoms with Crippen molar-refractivity contribution < 1.29 is 9.84 Å². The third-order valence-corrected chi connectivity index (χ3v) is 1.27. The van der Waals surface area contributed by atoms with Crippen LogP contribution in [-0.2, 0) is 4.74 Å². The zero-order chi connectivity index (χ0) is 7.11. The van der Waals surface area contributed by atoms with Crippen molar-refractivity contribution in [3.05, 3.63) is 0 Å². The van der Waals surface area contributed by atoms with Crippen LogP contribution in [0.15, 0.2) is 0 Å². The summed E-state index contributed by atoms with van der Waals surface area (Å²) in [7, 11) is 1.64. The molecule has 0 aliphatic rings. The highest BCUT2D eigenvalue weighted by Gasteiger charge is 2.03. The van der Waals surface area contributed by atoms with Crippen LogP contribution in [0.3, 0.4) is 0 Å². The zero-order valence-electron chi connectivity index (χ0n) is 5.84. The number of nitrogens with two attached hydrogens (primary N) is 1. The Kier molecular flexibility index (Phi) is 5.93. The Labute approximate surface area is 55.8 Å². The summed E-state index contributed by atoms with van der Waals surface area (Å²) >= 11 is 0. The normalized spacial score (nSPS) is 13.7. The molecule has 0 bridgehead atoms. The molecule has 0 aliphatic heterocycles. The number of ether oxygens (including phenoxy) is 1. The Bertz CT molecular complexity index is 53.0. The van der Waals surface area contributed by atoms with Gasteiger partial charge in [0.2, 0.25) is 0 Å². The lowest BCUT2D eigenvalue weighted by Gasteiger charge is -2.10. The number of aliphatic hydroxyl groups excluding tert-OH is 1. The Morgan fingerprint density at radius 2 is 2.33 bits per heavy atom. The van der Waals surface area contributed by atoms with Crippen molar-refractivity contribution in [3.63, 3.8) is 0 Å². The molecule has 3 nitrogen and oxygen atoms in total.